The molecule has 0 radical (unpaired) electrons. The summed E-state index contributed by atoms with van der Waals surface area (Å²) in [6.07, 6.45) is 1.54. The fourth-order valence-electron chi connectivity index (χ4n) is 2.17. The van der Waals surface area contributed by atoms with E-state index in [0.29, 0.717) is 11.4 Å². The number of hydrogen-bond donors (Lipinski definition) is 1. The average molecular weight is 295 g/mol. The van der Waals surface area contributed by atoms with Crippen molar-refractivity contribution in [3.8, 4) is 17.1 Å². The van der Waals surface area contributed by atoms with Gasteiger partial charge in [0.25, 0.3) is 0 Å². The van der Waals surface area contributed by atoms with E-state index in [1.54, 1.807) is 12.1 Å². The van der Waals surface area contributed by atoms with Crippen LogP contribution < -0.4 is 4.74 Å². The SMILES string of the molecule is C=CCOc1ccc(-c2nc3ccccc3[nH]2)cc1[N+](=O)[O-]. The normalized spacial score (nSPS) is 10.5. The highest BCUT2D eigenvalue weighted by atomic mass is 16.6. The van der Waals surface area contributed by atoms with E-state index in [1.807, 2.05) is 24.3 Å². The molecule has 1 N–H and O–H groups in total. The molecule has 3 rings (SSSR count). The molecule has 6 heteroatoms. The molecular weight excluding hydrogens is 282 g/mol. The molecule has 0 bridgehead atoms. The Morgan fingerprint density at radius 2 is 2.14 bits per heavy atom. The van der Waals surface area contributed by atoms with Gasteiger partial charge < -0.3 is 9.72 Å². The van der Waals surface area contributed by atoms with Crippen molar-refractivity contribution in [3.05, 3.63) is 65.2 Å². The lowest BCUT2D eigenvalue weighted by molar-refractivity contribution is -0.385. The van der Waals surface area contributed by atoms with Crippen LogP contribution >= 0.6 is 0 Å². The molecule has 0 saturated heterocycles. The van der Waals surface area contributed by atoms with E-state index in [0.717, 1.165) is 11.0 Å². The number of aromatic nitrogens is 2. The van der Waals surface area contributed by atoms with Crippen molar-refractivity contribution >= 4 is 16.7 Å². The Balaban J connectivity index is 2.05. The van der Waals surface area contributed by atoms with Crippen LogP contribution in [0.5, 0.6) is 5.75 Å². The smallest absolute Gasteiger partial charge is 0.311 e. The summed E-state index contributed by atoms with van der Waals surface area (Å²) in [6.45, 7) is 3.74. The van der Waals surface area contributed by atoms with Gasteiger partial charge in [0, 0.05) is 11.6 Å². The molecule has 0 aliphatic heterocycles. The third kappa shape index (κ3) is 2.54. The number of nitro groups is 1. The summed E-state index contributed by atoms with van der Waals surface area (Å²) < 4.78 is 5.31. The van der Waals surface area contributed by atoms with Crippen LogP contribution in [0.25, 0.3) is 22.4 Å². The monoisotopic (exact) mass is 295 g/mol. The summed E-state index contributed by atoms with van der Waals surface area (Å²) in [6, 6.07) is 12.3. The number of fused-ring (bicyclic) bond motifs is 1. The highest BCUT2D eigenvalue weighted by Gasteiger charge is 2.17. The van der Waals surface area contributed by atoms with Crippen LogP contribution in [-0.2, 0) is 0 Å². The molecule has 0 spiro atoms. The predicted molar refractivity (Wildman–Crippen MR) is 83.9 cm³/mol. The number of ether oxygens (including phenoxy) is 1. The third-order valence-electron chi connectivity index (χ3n) is 3.18. The summed E-state index contributed by atoms with van der Waals surface area (Å²) in [4.78, 5) is 18.3. The van der Waals surface area contributed by atoms with E-state index in [9.17, 15) is 10.1 Å². The van der Waals surface area contributed by atoms with Crippen LogP contribution in [0.15, 0.2) is 55.1 Å². The van der Waals surface area contributed by atoms with Gasteiger partial charge in [-0.3, -0.25) is 10.1 Å². The summed E-state index contributed by atoms with van der Waals surface area (Å²) in [7, 11) is 0. The number of nitro benzene ring substituents is 1. The zero-order valence-corrected chi connectivity index (χ0v) is 11.7. The Morgan fingerprint density at radius 3 is 2.86 bits per heavy atom. The largest absolute Gasteiger partial charge is 0.483 e. The molecule has 2 aromatic carbocycles. The second kappa shape index (κ2) is 5.69. The number of aromatic amines is 1. The average Bonchev–Trinajstić information content (AvgIpc) is 2.96. The first kappa shape index (κ1) is 13.8. The van der Waals surface area contributed by atoms with Crippen LogP contribution in [-0.4, -0.2) is 21.5 Å². The lowest BCUT2D eigenvalue weighted by Gasteiger charge is -2.05. The molecule has 6 nitrogen and oxygen atoms in total. The van der Waals surface area contributed by atoms with Crippen molar-refractivity contribution in [2.45, 2.75) is 0 Å². The number of H-pyrrole nitrogens is 1. The summed E-state index contributed by atoms with van der Waals surface area (Å²) >= 11 is 0. The molecular formula is C16H13N3O3. The zero-order valence-electron chi connectivity index (χ0n) is 11.7. The van der Waals surface area contributed by atoms with Crippen molar-refractivity contribution in [3.63, 3.8) is 0 Å². The fourth-order valence-corrected chi connectivity index (χ4v) is 2.17. The van der Waals surface area contributed by atoms with Crippen LogP contribution in [0.1, 0.15) is 0 Å². The topological polar surface area (TPSA) is 81.0 Å². The highest BCUT2D eigenvalue weighted by Crippen LogP contribution is 2.32. The lowest BCUT2D eigenvalue weighted by atomic mass is 10.2. The van der Waals surface area contributed by atoms with Crippen molar-refractivity contribution in [1.29, 1.82) is 0 Å². The highest BCUT2D eigenvalue weighted by molar-refractivity contribution is 5.79. The Kier molecular flexibility index (Phi) is 3.57. The first-order chi connectivity index (χ1) is 10.7. The minimum absolute atomic E-state index is 0.0974. The Labute approximate surface area is 126 Å². The van der Waals surface area contributed by atoms with Crippen LogP contribution in [0.2, 0.25) is 0 Å². The molecule has 0 unspecified atom stereocenters. The van der Waals surface area contributed by atoms with Crippen LogP contribution in [0.4, 0.5) is 5.69 Å². The van der Waals surface area contributed by atoms with Crippen molar-refractivity contribution in [2.75, 3.05) is 6.61 Å². The van der Waals surface area contributed by atoms with Gasteiger partial charge in [-0.25, -0.2) is 4.98 Å². The number of nitrogens with zero attached hydrogens (tertiary/aromatic N) is 2. The predicted octanol–water partition coefficient (Wildman–Crippen LogP) is 3.70. The molecule has 110 valence electrons. The second-order valence-electron chi connectivity index (χ2n) is 4.64. The van der Waals surface area contributed by atoms with Gasteiger partial charge in [0.15, 0.2) is 5.75 Å². The van der Waals surface area contributed by atoms with Gasteiger partial charge in [-0.05, 0) is 24.3 Å². The van der Waals surface area contributed by atoms with Crippen molar-refractivity contribution < 1.29 is 9.66 Å². The fraction of sp³-hybridized carbons (Fsp3) is 0.0625. The standard InChI is InChI=1S/C16H13N3O3/c1-2-9-22-15-8-7-11(10-14(15)19(20)21)16-17-12-5-3-4-6-13(12)18-16/h2-8,10H,1,9H2,(H,17,18). The van der Waals surface area contributed by atoms with Gasteiger partial charge >= 0.3 is 5.69 Å². The van der Waals surface area contributed by atoms with Gasteiger partial charge in [-0.1, -0.05) is 24.8 Å². The molecule has 0 fully saturated rings. The van der Waals surface area contributed by atoms with Crippen molar-refractivity contribution in [1.82, 2.24) is 9.97 Å². The summed E-state index contributed by atoms with van der Waals surface area (Å²) in [5.74, 6) is 0.796. The zero-order chi connectivity index (χ0) is 15.5. The van der Waals surface area contributed by atoms with Gasteiger partial charge in [-0.2, -0.15) is 0 Å². The van der Waals surface area contributed by atoms with Gasteiger partial charge in [0.1, 0.15) is 12.4 Å². The minimum atomic E-state index is -0.468. The molecule has 3 aromatic rings. The summed E-state index contributed by atoms with van der Waals surface area (Å²) in [5, 5.41) is 11.2. The quantitative estimate of drug-likeness (QED) is 0.442. The van der Waals surface area contributed by atoms with Gasteiger partial charge in [0.2, 0.25) is 0 Å². The maximum Gasteiger partial charge on any atom is 0.311 e. The Hall–Kier alpha value is -3.15. The van der Waals surface area contributed by atoms with Crippen molar-refractivity contribution in [2.24, 2.45) is 0 Å². The van der Waals surface area contributed by atoms with E-state index in [1.165, 1.54) is 12.1 Å². The first-order valence-corrected chi connectivity index (χ1v) is 6.66. The first-order valence-electron chi connectivity index (χ1n) is 6.66. The number of nitrogens with one attached hydrogen (secondary N) is 1. The number of benzene rings is 2. The third-order valence-corrected chi connectivity index (χ3v) is 3.18. The number of rotatable bonds is 5. The number of imidazole rings is 1. The molecule has 1 aromatic heterocycles. The Morgan fingerprint density at radius 1 is 1.32 bits per heavy atom. The lowest BCUT2D eigenvalue weighted by Crippen LogP contribution is -1.98. The van der Waals surface area contributed by atoms with Crippen LogP contribution in [0.3, 0.4) is 0 Å². The number of para-hydroxylation sites is 2. The van der Waals surface area contributed by atoms with E-state index in [4.69, 9.17) is 4.74 Å². The maximum absolute atomic E-state index is 11.2. The number of hydrogen-bond acceptors (Lipinski definition) is 4. The molecule has 0 saturated carbocycles. The molecule has 0 amide bonds. The molecule has 22 heavy (non-hydrogen) atoms. The van der Waals surface area contributed by atoms with E-state index < -0.39 is 4.92 Å². The molecule has 1 heterocycles. The molecule has 0 aliphatic rings. The minimum Gasteiger partial charge on any atom is -0.483 e. The van der Waals surface area contributed by atoms with E-state index >= 15 is 0 Å². The molecule has 0 atom stereocenters. The van der Waals surface area contributed by atoms with Gasteiger partial charge in [-0.15, -0.1) is 0 Å². The van der Waals surface area contributed by atoms with E-state index in [-0.39, 0.29) is 18.0 Å². The summed E-state index contributed by atoms with van der Waals surface area (Å²) in [5.41, 5.74) is 2.23. The maximum atomic E-state index is 11.2. The molecule has 0 aliphatic carbocycles. The van der Waals surface area contributed by atoms with Gasteiger partial charge in [0.05, 0.1) is 16.0 Å². The van der Waals surface area contributed by atoms with E-state index in [2.05, 4.69) is 16.5 Å². The van der Waals surface area contributed by atoms with Crippen LogP contribution in [0, 0.1) is 10.1 Å². The Bertz CT molecular complexity index is 822. The second-order valence-corrected chi connectivity index (χ2v) is 4.64.